The van der Waals surface area contributed by atoms with Gasteiger partial charge >= 0.3 is 5.97 Å². The molecule has 0 rings (SSSR count). The van der Waals surface area contributed by atoms with Gasteiger partial charge in [-0.05, 0) is 0 Å². The third kappa shape index (κ3) is 3.66. The molecule has 0 radical (unpaired) electrons. The molecule has 5 nitrogen and oxygen atoms in total. The first-order chi connectivity index (χ1) is 5.63. The van der Waals surface area contributed by atoms with E-state index in [4.69, 9.17) is 20.3 Å². The van der Waals surface area contributed by atoms with E-state index in [0.29, 0.717) is 13.2 Å². The Morgan fingerprint density at radius 1 is 1.42 bits per heavy atom. The fourth-order valence-electron chi connectivity index (χ4n) is 0.885. The molecule has 0 bridgehead atoms. The van der Waals surface area contributed by atoms with Gasteiger partial charge < -0.3 is 20.3 Å². The van der Waals surface area contributed by atoms with Crippen LogP contribution in [-0.4, -0.2) is 44.6 Å². The van der Waals surface area contributed by atoms with E-state index in [0.717, 1.165) is 0 Å². The van der Waals surface area contributed by atoms with Crippen molar-refractivity contribution in [3.8, 4) is 0 Å². The average Bonchev–Trinajstić information content (AvgIpc) is 2.03. The van der Waals surface area contributed by atoms with E-state index in [1.165, 1.54) is 14.2 Å². The van der Waals surface area contributed by atoms with Crippen molar-refractivity contribution >= 4 is 5.97 Å². The van der Waals surface area contributed by atoms with Gasteiger partial charge in [0.05, 0.1) is 13.2 Å². The first-order valence-electron chi connectivity index (χ1n) is 3.59. The number of methoxy groups -OCH3 is 2. The zero-order chi connectivity index (χ0) is 9.56. The summed E-state index contributed by atoms with van der Waals surface area (Å²) >= 11 is 0. The summed E-state index contributed by atoms with van der Waals surface area (Å²) in [6.45, 7) is 0.586. The molecule has 0 aromatic heterocycles. The predicted octanol–water partition coefficient (Wildman–Crippen LogP) is -0.693. The first kappa shape index (κ1) is 11.4. The zero-order valence-corrected chi connectivity index (χ0v) is 7.32. The summed E-state index contributed by atoms with van der Waals surface area (Å²) in [6.07, 6.45) is 0. The highest BCUT2D eigenvalue weighted by molar-refractivity contribution is 5.73. The second-order valence-electron chi connectivity index (χ2n) is 2.53. The molecule has 0 spiro atoms. The SMILES string of the molecule is COCC(COC)[C@H](N)C(=O)O. The predicted molar refractivity (Wildman–Crippen MR) is 42.9 cm³/mol. The number of nitrogens with two attached hydrogens (primary N) is 1. The molecule has 0 aliphatic rings. The number of aliphatic carboxylic acids is 1. The highest BCUT2D eigenvalue weighted by Crippen LogP contribution is 2.03. The fraction of sp³-hybridized carbons (Fsp3) is 0.857. The first-order valence-corrected chi connectivity index (χ1v) is 3.59. The lowest BCUT2D eigenvalue weighted by Gasteiger charge is -2.18. The van der Waals surface area contributed by atoms with Crippen molar-refractivity contribution in [1.82, 2.24) is 0 Å². The second-order valence-corrected chi connectivity index (χ2v) is 2.53. The Hall–Kier alpha value is -0.650. The van der Waals surface area contributed by atoms with Gasteiger partial charge in [0.2, 0.25) is 0 Å². The van der Waals surface area contributed by atoms with E-state index in [1.807, 2.05) is 0 Å². The molecular formula is C7H15NO4. The molecule has 0 saturated heterocycles. The average molecular weight is 177 g/mol. The van der Waals surface area contributed by atoms with Gasteiger partial charge in [-0.25, -0.2) is 0 Å². The van der Waals surface area contributed by atoms with Crippen LogP contribution >= 0.6 is 0 Å². The van der Waals surface area contributed by atoms with Gasteiger partial charge in [0.1, 0.15) is 6.04 Å². The topological polar surface area (TPSA) is 81.8 Å². The number of hydrogen-bond acceptors (Lipinski definition) is 4. The van der Waals surface area contributed by atoms with Crippen LogP contribution in [0.15, 0.2) is 0 Å². The van der Waals surface area contributed by atoms with Crippen LogP contribution in [0.2, 0.25) is 0 Å². The molecule has 0 unspecified atom stereocenters. The van der Waals surface area contributed by atoms with Crippen molar-refractivity contribution in [3.63, 3.8) is 0 Å². The summed E-state index contributed by atoms with van der Waals surface area (Å²) in [5.74, 6) is -1.33. The molecule has 1 atom stereocenters. The Balaban J connectivity index is 3.98. The number of hydrogen-bond donors (Lipinski definition) is 2. The van der Waals surface area contributed by atoms with Gasteiger partial charge in [0, 0.05) is 20.1 Å². The molecule has 12 heavy (non-hydrogen) atoms. The van der Waals surface area contributed by atoms with E-state index in [9.17, 15) is 4.79 Å². The van der Waals surface area contributed by atoms with E-state index in [-0.39, 0.29) is 5.92 Å². The monoisotopic (exact) mass is 177 g/mol. The number of carboxylic acid groups (broad SMARTS) is 1. The molecule has 0 heterocycles. The summed E-state index contributed by atoms with van der Waals surface area (Å²) in [6, 6.07) is -0.926. The van der Waals surface area contributed by atoms with Crippen LogP contribution in [0.1, 0.15) is 0 Å². The normalized spacial score (nSPS) is 13.3. The molecule has 0 aromatic rings. The largest absolute Gasteiger partial charge is 0.480 e. The lowest BCUT2D eigenvalue weighted by molar-refractivity contribution is -0.141. The van der Waals surface area contributed by atoms with Crippen molar-refractivity contribution in [2.45, 2.75) is 6.04 Å². The second kappa shape index (κ2) is 5.93. The number of carboxylic acids is 1. The minimum Gasteiger partial charge on any atom is -0.480 e. The van der Waals surface area contributed by atoms with E-state index in [2.05, 4.69) is 0 Å². The Bertz CT molecular complexity index is 133. The molecule has 0 aromatic carbocycles. The molecule has 0 amide bonds. The highest BCUT2D eigenvalue weighted by atomic mass is 16.5. The van der Waals surface area contributed by atoms with Crippen molar-refractivity contribution in [2.24, 2.45) is 11.7 Å². The Morgan fingerprint density at radius 3 is 2.08 bits per heavy atom. The third-order valence-corrected chi connectivity index (χ3v) is 1.55. The standard InChI is InChI=1S/C7H15NO4/c1-11-3-5(4-12-2)6(8)7(9)10/h5-6H,3-4,8H2,1-2H3,(H,9,10)/t6-/m0/s1. The minimum absolute atomic E-state index is 0.293. The quantitative estimate of drug-likeness (QED) is 0.561. The van der Waals surface area contributed by atoms with Crippen LogP contribution < -0.4 is 5.73 Å². The van der Waals surface area contributed by atoms with Gasteiger partial charge in [0.25, 0.3) is 0 Å². The molecule has 0 aliphatic heterocycles. The summed E-state index contributed by atoms with van der Waals surface area (Å²) in [4.78, 5) is 10.5. The van der Waals surface area contributed by atoms with E-state index >= 15 is 0 Å². The smallest absolute Gasteiger partial charge is 0.320 e. The van der Waals surface area contributed by atoms with Gasteiger partial charge in [-0.3, -0.25) is 4.79 Å². The molecule has 3 N–H and O–H groups in total. The van der Waals surface area contributed by atoms with E-state index in [1.54, 1.807) is 0 Å². The van der Waals surface area contributed by atoms with Crippen LogP contribution in [0, 0.1) is 5.92 Å². The minimum atomic E-state index is -1.03. The van der Waals surface area contributed by atoms with Crippen LogP contribution in [0.4, 0.5) is 0 Å². The third-order valence-electron chi connectivity index (χ3n) is 1.55. The van der Waals surface area contributed by atoms with Crippen molar-refractivity contribution < 1.29 is 19.4 Å². The van der Waals surface area contributed by atoms with Crippen molar-refractivity contribution in [1.29, 1.82) is 0 Å². The maximum Gasteiger partial charge on any atom is 0.320 e. The molecule has 5 heteroatoms. The Labute approximate surface area is 71.5 Å². The van der Waals surface area contributed by atoms with Gasteiger partial charge in [-0.1, -0.05) is 0 Å². The van der Waals surface area contributed by atoms with Gasteiger partial charge in [0.15, 0.2) is 0 Å². The molecule has 0 aliphatic carbocycles. The van der Waals surface area contributed by atoms with Crippen LogP contribution in [0.5, 0.6) is 0 Å². The number of ether oxygens (including phenoxy) is 2. The van der Waals surface area contributed by atoms with Gasteiger partial charge in [-0.2, -0.15) is 0 Å². The lowest BCUT2D eigenvalue weighted by Crippen LogP contribution is -2.42. The lowest BCUT2D eigenvalue weighted by atomic mass is 10.0. The molecule has 72 valence electrons. The van der Waals surface area contributed by atoms with Crippen molar-refractivity contribution in [2.75, 3.05) is 27.4 Å². The highest BCUT2D eigenvalue weighted by Gasteiger charge is 2.23. The van der Waals surface area contributed by atoms with E-state index < -0.39 is 12.0 Å². The maximum atomic E-state index is 10.5. The summed E-state index contributed by atoms with van der Waals surface area (Å²) in [5.41, 5.74) is 5.37. The summed E-state index contributed by atoms with van der Waals surface area (Å²) in [5, 5.41) is 8.57. The number of carbonyl (C=O) groups is 1. The van der Waals surface area contributed by atoms with Gasteiger partial charge in [-0.15, -0.1) is 0 Å². The Morgan fingerprint density at radius 2 is 1.83 bits per heavy atom. The van der Waals surface area contributed by atoms with Crippen molar-refractivity contribution in [3.05, 3.63) is 0 Å². The number of rotatable bonds is 6. The summed E-state index contributed by atoms with van der Waals surface area (Å²) < 4.78 is 9.61. The van der Waals surface area contributed by atoms with Crippen LogP contribution in [0.3, 0.4) is 0 Å². The zero-order valence-electron chi connectivity index (χ0n) is 7.32. The molecular weight excluding hydrogens is 162 g/mol. The molecule has 0 saturated carbocycles. The maximum absolute atomic E-state index is 10.5. The Kier molecular flexibility index (Phi) is 5.61. The molecule has 0 fully saturated rings. The van der Waals surface area contributed by atoms with Crippen LogP contribution in [0.25, 0.3) is 0 Å². The van der Waals surface area contributed by atoms with Crippen LogP contribution in [-0.2, 0) is 14.3 Å². The fourth-order valence-corrected chi connectivity index (χ4v) is 0.885. The summed E-state index contributed by atoms with van der Waals surface area (Å²) in [7, 11) is 2.99.